The van der Waals surface area contributed by atoms with Crippen molar-refractivity contribution in [3.05, 3.63) is 33.1 Å². The molecular formula is C9H6Br2N2O2. The number of carbonyl (C=O) groups is 1. The molecule has 0 aliphatic heterocycles. The Morgan fingerprint density at radius 1 is 1.47 bits per heavy atom. The van der Waals surface area contributed by atoms with E-state index in [1.807, 2.05) is 0 Å². The molecule has 0 radical (unpaired) electrons. The molecule has 2 rings (SSSR count). The molecule has 0 spiro atoms. The molecule has 0 saturated carbocycles. The lowest BCUT2D eigenvalue weighted by Gasteiger charge is -2.07. The van der Waals surface area contributed by atoms with Gasteiger partial charge in [0.05, 0.1) is 16.1 Å². The first-order chi connectivity index (χ1) is 7.15. The van der Waals surface area contributed by atoms with Crippen molar-refractivity contribution in [3.8, 4) is 0 Å². The van der Waals surface area contributed by atoms with Crippen LogP contribution in [0.5, 0.6) is 0 Å². The molecule has 0 atom stereocenters. The quantitative estimate of drug-likeness (QED) is 0.753. The molecule has 0 saturated heterocycles. The lowest BCUT2D eigenvalue weighted by Crippen LogP contribution is -2.09. The first kappa shape index (κ1) is 10.6. The summed E-state index contributed by atoms with van der Waals surface area (Å²) in [6.45, 7) is 0. The van der Waals surface area contributed by atoms with Gasteiger partial charge in [-0.1, -0.05) is 0 Å². The highest BCUT2D eigenvalue weighted by atomic mass is 79.9. The standard InChI is InChI=1S/C9H6Br2N2O2/c1-15-9(14)7-5(10)4-6(11)8-12-2-3-13(7)8/h2-4H,1H3. The van der Waals surface area contributed by atoms with Crippen LogP contribution in [-0.2, 0) is 4.74 Å². The summed E-state index contributed by atoms with van der Waals surface area (Å²) >= 11 is 6.68. The Morgan fingerprint density at radius 3 is 2.87 bits per heavy atom. The van der Waals surface area contributed by atoms with Crippen LogP contribution >= 0.6 is 31.9 Å². The minimum atomic E-state index is -0.405. The Bertz CT molecular complexity index is 536. The maximum absolute atomic E-state index is 11.5. The average molecular weight is 334 g/mol. The molecule has 6 heteroatoms. The summed E-state index contributed by atoms with van der Waals surface area (Å²) in [6, 6.07) is 1.77. The first-order valence-corrected chi connectivity index (χ1v) is 5.63. The number of methoxy groups -OCH3 is 1. The maximum atomic E-state index is 11.5. The van der Waals surface area contributed by atoms with Gasteiger partial charge in [0.1, 0.15) is 5.69 Å². The highest BCUT2D eigenvalue weighted by Crippen LogP contribution is 2.26. The van der Waals surface area contributed by atoms with Crippen molar-refractivity contribution in [1.29, 1.82) is 0 Å². The van der Waals surface area contributed by atoms with Crippen LogP contribution in [0.2, 0.25) is 0 Å². The SMILES string of the molecule is COC(=O)c1c(Br)cc(Br)c2nccn12. The van der Waals surface area contributed by atoms with E-state index >= 15 is 0 Å². The van der Waals surface area contributed by atoms with Crippen molar-refractivity contribution in [3.63, 3.8) is 0 Å². The number of hydrogen-bond acceptors (Lipinski definition) is 3. The second-order valence-corrected chi connectivity index (χ2v) is 4.51. The average Bonchev–Trinajstić information content (AvgIpc) is 2.66. The summed E-state index contributed by atoms with van der Waals surface area (Å²) in [5.41, 5.74) is 1.10. The van der Waals surface area contributed by atoms with Crippen LogP contribution in [0.3, 0.4) is 0 Å². The van der Waals surface area contributed by atoms with E-state index in [0.29, 0.717) is 15.8 Å². The fraction of sp³-hybridized carbons (Fsp3) is 0.111. The minimum Gasteiger partial charge on any atom is -0.464 e. The van der Waals surface area contributed by atoms with Crippen molar-refractivity contribution in [2.24, 2.45) is 0 Å². The highest BCUT2D eigenvalue weighted by Gasteiger charge is 2.17. The molecule has 0 aliphatic carbocycles. The van der Waals surface area contributed by atoms with Crippen LogP contribution in [0, 0.1) is 0 Å². The first-order valence-electron chi connectivity index (χ1n) is 4.04. The zero-order chi connectivity index (χ0) is 11.0. The smallest absolute Gasteiger partial charge is 0.356 e. The Morgan fingerprint density at radius 2 is 2.20 bits per heavy atom. The van der Waals surface area contributed by atoms with Gasteiger partial charge in [-0.05, 0) is 37.9 Å². The number of esters is 1. The van der Waals surface area contributed by atoms with E-state index in [0.717, 1.165) is 4.47 Å². The topological polar surface area (TPSA) is 43.6 Å². The molecule has 4 nitrogen and oxygen atoms in total. The van der Waals surface area contributed by atoms with Crippen LogP contribution in [-0.4, -0.2) is 22.5 Å². The van der Waals surface area contributed by atoms with E-state index in [9.17, 15) is 4.79 Å². The van der Waals surface area contributed by atoms with Gasteiger partial charge >= 0.3 is 5.97 Å². The van der Waals surface area contributed by atoms with Crippen LogP contribution in [0.25, 0.3) is 5.65 Å². The van der Waals surface area contributed by atoms with Gasteiger partial charge in [0.25, 0.3) is 0 Å². The van der Waals surface area contributed by atoms with Crippen molar-refractivity contribution in [2.75, 3.05) is 7.11 Å². The van der Waals surface area contributed by atoms with Crippen LogP contribution in [0.1, 0.15) is 10.5 Å². The number of hydrogen-bond donors (Lipinski definition) is 0. The largest absolute Gasteiger partial charge is 0.464 e. The minimum absolute atomic E-state index is 0.405. The number of fused-ring (bicyclic) bond motifs is 1. The van der Waals surface area contributed by atoms with E-state index in [1.54, 1.807) is 22.9 Å². The number of aromatic nitrogens is 2. The van der Waals surface area contributed by atoms with Crippen molar-refractivity contribution in [1.82, 2.24) is 9.38 Å². The molecule has 15 heavy (non-hydrogen) atoms. The lowest BCUT2D eigenvalue weighted by atomic mass is 10.3. The molecule has 0 N–H and O–H groups in total. The number of pyridine rings is 1. The molecule has 2 aromatic rings. The maximum Gasteiger partial charge on any atom is 0.356 e. The van der Waals surface area contributed by atoms with Crippen LogP contribution in [0.4, 0.5) is 0 Å². The Kier molecular flexibility index (Phi) is 2.79. The zero-order valence-corrected chi connectivity index (χ0v) is 10.9. The summed E-state index contributed by atoms with van der Waals surface area (Å²) in [5.74, 6) is -0.405. The molecule has 0 unspecified atom stereocenters. The second kappa shape index (κ2) is 3.94. The van der Waals surface area contributed by atoms with Crippen molar-refractivity contribution >= 4 is 43.5 Å². The van der Waals surface area contributed by atoms with Crippen molar-refractivity contribution < 1.29 is 9.53 Å². The number of halogens is 2. The molecule has 0 aromatic carbocycles. The van der Waals surface area contributed by atoms with E-state index in [4.69, 9.17) is 4.74 Å². The third kappa shape index (κ3) is 1.68. The van der Waals surface area contributed by atoms with Gasteiger partial charge in [-0.15, -0.1) is 0 Å². The van der Waals surface area contributed by atoms with Gasteiger partial charge in [-0.2, -0.15) is 0 Å². The fourth-order valence-electron chi connectivity index (χ4n) is 1.31. The van der Waals surface area contributed by atoms with Gasteiger partial charge in [-0.25, -0.2) is 9.78 Å². The van der Waals surface area contributed by atoms with Gasteiger partial charge < -0.3 is 4.74 Å². The third-order valence-corrected chi connectivity index (χ3v) is 3.14. The van der Waals surface area contributed by atoms with E-state index in [2.05, 4.69) is 36.8 Å². The summed E-state index contributed by atoms with van der Waals surface area (Å²) < 4.78 is 7.84. The Balaban J connectivity index is 2.82. The predicted octanol–water partition coefficient (Wildman–Crippen LogP) is 2.65. The zero-order valence-electron chi connectivity index (χ0n) is 7.70. The molecule has 2 aromatic heterocycles. The number of carbonyl (C=O) groups excluding carboxylic acids is 1. The number of rotatable bonds is 1. The lowest BCUT2D eigenvalue weighted by molar-refractivity contribution is 0.0591. The van der Waals surface area contributed by atoms with Crippen molar-refractivity contribution in [2.45, 2.75) is 0 Å². The van der Waals surface area contributed by atoms with Gasteiger partial charge in [0.2, 0.25) is 0 Å². The van der Waals surface area contributed by atoms with E-state index < -0.39 is 5.97 Å². The molecular weight excluding hydrogens is 328 g/mol. The normalized spacial score (nSPS) is 10.6. The summed E-state index contributed by atoms with van der Waals surface area (Å²) in [7, 11) is 1.35. The number of nitrogens with zero attached hydrogens (tertiary/aromatic N) is 2. The summed E-state index contributed by atoms with van der Waals surface area (Å²) in [6.07, 6.45) is 3.33. The molecule has 78 valence electrons. The van der Waals surface area contributed by atoms with Gasteiger partial charge in [0.15, 0.2) is 5.65 Å². The predicted molar refractivity (Wildman–Crippen MR) is 61.9 cm³/mol. The van der Waals surface area contributed by atoms with Gasteiger partial charge in [0, 0.05) is 12.4 Å². The number of ether oxygens (including phenoxy) is 1. The molecule has 0 aliphatic rings. The Labute approximate surface area is 103 Å². The molecule has 0 amide bonds. The fourth-order valence-corrected chi connectivity index (χ4v) is 2.72. The Hall–Kier alpha value is -0.880. The molecule has 2 heterocycles. The third-order valence-electron chi connectivity index (χ3n) is 1.95. The highest BCUT2D eigenvalue weighted by molar-refractivity contribution is 9.11. The monoisotopic (exact) mass is 332 g/mol. The second-order valence-electron chi connectivity index (χ2n) is 2.80. The summed E-state index contributed by atoms with van der Waals surface area (Å²) in [5, 5.41) is 0. The number of imidazole rings is 1. The van der Waals surface area contributed by atoms with E-state index in [-0.39, 0.29) is 0 Å². The van der Waals surface area contributed by atoms with Crippen LogP contribution in [0.15, 0.2) is 27.4 Å². The van der Waals surface area contributed by atoms with E-state index in [1.165, 1.54) is 7.11 Å². The molecule has 0 fully saturated rings. The molecule has 0 bridgehead atoms. The summed E-state index contributed by atoms with van der Waals surface area (Å²) in [4.78, 5) is 15.7. The van der Waals surface area contributed by atoms with Crippen LogP contribution < -0.4 is 0 Å². The van der Waals surface area contributed by atoms with Gasteiger partial charge in [-0.3, -0.25) is 4.40 Å².